The zero-order valence-corrected chi connectivity index (χ0v) is 20.1. The number of ether oxygens (including phenoxy) is 2. The van der Waals surface area contributed by atoms with Gasteiger partial charge in [-0.25, -0.2) is 4.79 Å². The number of carboxylic acid groups (broad SMARTS) is 1. The average Bonchev–Trinajstić information content (AvgIpc) is 3.34. The summed E-state index contributed by atoms with van der Waals surface area (Å²) in [5, 5.41) is 12.1. The number of fused-ring (bicyclic) bond motifs is 2. The van der Waals surface area contributed by atoms with Crippen molar-refractivity contribution in [2.45, 2.75) is 0 Å². The van der Waals surface area contributed by atoms with Crippen molar-refractivity contribution >= 4 is 50.0 Å². The van der Waals surface area contributed by atoms with E-state index in [4.69, 9.17) is 14.6 Å². The fourth-order valence-corrected chi connectivity index (χ4v) is 5.03. The van der Waals surface area contributed by atoms with E-state index in [1.54, 1.807) is 49.0 Å². The van der Waals surface area contributed by atoms with Crippen LogP contribution in [-0.4, -0.2) is 35.6 Å². The smallest absolute Gasteiger partial charge is 0.341 e. The summed E-state index contributed by atoms with van der Waals surface area (Å²) in [6, 6.07) is 21.0. The highest BCUT2D eigenvalue weighted by Crippen LogP contribution is 2.41. The highest BCUT2D eigenvalue weighted by Gasteiger charge is 2.16. The van der Waals surface area contributed by atoms with Gasteiger partial charge in [0.2, 0.25) is 0 Å². The molecule has 6 nitrogen and oxygen atoms in total. The standard InChI is InChI=1S/C29H21NO5S/c1-34-26-15-25(35-17-29(32)33)20(13-23(26)28-14-21-4-2-3-5-27(21)36-28)8-9-24(31)19-6-7-22-16-30-11-10-18(22)12-19/h2-16H,17H2,1H3,(H,32,33)/b9-8+. The van der Waals surface area contributed by atoms with Crippen molar-refractivity contribution in [2.24, 2.45) is 0 Å². The van der Waals surface area contributed by atoms with Gasteiger partial charge in [-0.05, 0) is 53.3 Å². The molecule has 178 valence electrons. The van der Waals surface area contributed by atoms with Crippen molar-refractivity contribution in [3.05, 3.63) is 96.3 Å². The molecule has 0 aliphatic rings. The van der Waals surface area contributed by atoms with Crippen LogP contribution in [-0.2, 0) is 4.79 Å². The molecule has 3 aromatic carbocycles. The predicted octanol–water partition coefficient (Wildman–Crippen LogP) is 6.48. The van der Waals surface area contributed by atoms with E-state index in [2.05, 4.69) is 17.1 Å². The molecule has 2 heterocycles. The van der Waals surface area contributed by atoms with E-state index in [0.717, 1.165) is 31.3 Å². The molecule has 0 saturated heterocycles. The number of pyridine rings is 1. The Hall–Kier alpha value is -4.49. The van der Waals surface area contributed by atoms with E-state index in [0.29, 0.717) is 22.6 Å². The Morgan fingerprint density at radius 3 is 2.64 bits per heavy atom. The summed E-state index contributed by atoms with van der Waals surface area (Å²) in [6.07, 6.45) is 6.54. The number of ketones is 1. The molecule has 0 radical (unpaired) electrons. The first kappa shape index (κ1) is 23.3. The topological polar surface area (TPSA) is 85.7 Å². The molecular formula is C29H21NO5S. The van der Waals surface area contributed by atoms with Gasteiger partial charge in [-0.15, -0.1) is 11.3 Å². The van der Waals surface area contributed by atoms with E-state index in [9.17, 15) is 9.59 Å². The molecule has 0 fully saturated rings. The van der Waals surface area contributed by atoms with Gasteiger partial charge in [0.15, 0.2) is 12.4 Å². The first-order valence-electron chi connectivity index (χ1n) is 11.1. The van der Waals surface area contributed by atoms with Gasteiger partial charge in [0, 0.05) is 50.1 Å². The summed E-state index contributed by atoms with van der Waals surface area (Å²) >= 11 is 1.62. The molecule has 0 amide bonds. The Morgan fingerprint density at radius 1 is 0.972 bits per heavy atom. The predicted molar refractivity (Wildman–Crippen MR) is 142 cm³/mol. The summed E-state index contributed by atoms with van der Waals surface area (Å²) in [4.78, 5) is 29.2. The maximum atomic E-state index is 13.0. The monoisotopic (exact) mass is 495 g/mol. The van der Waals surface area contributed by atoms with Crippen molar-refractivity contribution < 1.29 is 24.2 Å². The number of nitrogens with zero attached hydrogens (tertiary/aromatic N) is 1. The van der Waals surface area contributed by atoms with Gasteiger partial charge in [-0.1, -0.05) is 30.3 Å². The molecule has 7 heteroatoms. The van der Waals surface area contributed by atoms with Crippen LogP contribution in [0.1, 0.15) is 15.9 Å². The van der Waals surface area contributed by atoms with Gasteiger partial charge in [-0.2, -0.15) is 0 Å². The van der Waals surface area contributed by atoms with Crippen molar-refractivity contribution in [3.8, 4) is 21.9 Å². The van der Waals surface area contributed by atoms with Crippen LogP contribution in [0, 0.1) is 0 Å². The maximum absolute atomic E-state index is 13.0. The van der Waals surface area contributed by atoms with Crippen molar-refractivity contribution in [1.29, 1.82) is 0 Å². The lowest BCUT2D eigenvalue weighted by atomic mass is 10.0. The summed E-state index contributed by atoms with van der Waals surface area (Å²) in [5.41, 5.74) is 1.94. The quantitative estimate of drug-likeness (QED) is 0.196. The normalized spacial score (nSPS) is 11.2. The molecule has 0 bridgehead atoms. The number of methoxy groups -OCH3 is 1. The Morgan fingerprint density at radius 2 is 1.83 bits per heavy atom. The summed E-state index contributed by atoms with van der Waals surface area (Å²) in [6.45, 7) is -0.515. The first-order chi connectivity index (χ1) is 17.5. The summed E-state index contributed by atoms with van der Waals surface area (Å²) in [7, 11) is 1.56. The first-order valence-corrected chi connectivity index (χ1v) is 12.0. The number of rotatable bonds is 8. The lowest BCUT2D eigenvalue weighted by Gasteiger charge is -2.13. The lowest BCUT2D eigenvalue weighted by molar-refractivity contribution is -0.139. The number of benzene rings is 3. The maximum Gasteiger partial charge on any atom is 0.341 e. The second-order valence-corrected chi connectivity index (χ2v) is 9.14. The highest BCUT2D eigenvalue weighted by molar-refractivity contribution is 7.22. The largest absolute Gasteiger partial charge is 0.496 e. The summed E-state index contributed by atoms with van der Waals surface area (Å²) in [5.74, 6) is -0.419. The van der Waals surface area contributed by atoms with Gasteiger partial charge in [-0.3, -0.25) is 9.78 Å². The van der Waals surface area contributed by atoms with Gasteiger partial charge < -0.3 is 14.6 Å². The highest BCUT2D eigenvalue weighted by atomic mass is 32.1. The SMILES string of the molecule is COc1cc(OCC(=O)O)c(/C=C/C(=O)c2ccc3cnccc3c2)cc1-c1cc2ccccc2s1. The van der Waals surface area contributed by atoms with Crippen LogP contribution < -0.4 is 9.47 Å². The van der Waals surface area contributed by atoms with E-state index >= 15 is 0 Å². The average molecular weight is 496 g/mol. The molecule has 2 aromatic heterocycles. The Balaban J connectivity index is 1.55. The Kier molecular flexibility index (Phi) is 6.47. The molecule has 0 spiro atoms. The van der Waals surface area contributed by atoms with Crippen LogP contribution in [0.4, 0.5) is 0 Å². The van der Waals surface area contributed by atoms with Crippen molar-refractivity contribution in [3.63, 3.8) is 0 Å². The van der Waals surface area contributed by atoms with E-state index in [1.165, 1.54) is 6.08 Å². The molecule has 1 N–H and O–H groups in total. The van der Waals surface area contributed by atoms with Crippen LogP contribution in [0.5, 0.6) is 11.5 Å². The molecule has 0 atom stereocenters. The number of carbonyl (C=O) groups is 2. The molecule has 36 heavy (non-hydrogen) atoms. The fraction of sp³-hybridized carbons (Fsp3) is 0.0690. The lowest BCUT2D eigenvalue weighted by Crippen LogP contribution is -2.10. The number of allylic oxidation sites excluding steroid dienone is 1. The Bertz CT molecular complexity index is 1600. The van der Waals surface area contributed by atoms with Gasteiger partial charge in [0.05, 0.1) is 7.11 Å². The number of carbonyl (C=O) groups excluding carboxylic acids is 1. The second kappa shape index (κ2) is 10.0. The van der Waals surface area contributed by atoms with Crippen LogP contribution in [0.3, 0.4) is 0 Å². The molecule has 0 aliphatic carbocycles. The zero-order valence-electron chi connectivity index (χ0n) is 19.3. The number of carboxylic acids is 1. The molecule has 0 saturated carbocycles. The third-order valence-electron chi connectivity index (χ3n) is 5.71. The zero-order chi connectivity index (χ0) is 25.1. The van der Waals surface area contributed by atoms with E-state index in [1.807, 2.05) is 42.5 Å². The minimum absolute atomic E-state index is 0.183. The molecule has 5 rings (SSSR count). The minimum atomic E-state index is -1.10. The van der Waals surface area contributed by atoms with E-state index < -0.39 is 12.6 Å². The van der Waals surface area contributed by atoms with Crippen molar-refractivity contribution in [1.82, 2.24) is 4.98 Å². The van der Waals surface area contributed by atoms with Gasteiger partial charge in [0.25, 0.3) is 0 Å². The minimum Gasteiger partial charge on any atom is -0.496 e. The van der Waals surface area contributed by atoms with Crippen LogP contribution >= 0.6 is 11.3 Å². The molecule has 0 aliphatic heterocycles. The molecule has 0 unspecified atom stereocenters. The van der Waals surface area contributed by atoms with Gasteiger partial charge >= 0.3 is 5.97 Å². The third-order valence-corrected chi connectivity index (χ3v) is 6.86. The van der Waals surface area contributed by atoms with Gasteiger partial charge in [0.1, 0.15) is 11.5 Å². The van der Waals surface area contributed by atoms with E-state index in [-0.39, 0.29) is 5.78 Å². The van der Waals surface area contributed by atoms with Crippen LogP contribution in [0.2, 0.25) is 0 Å². The van der Waals surface area contributed by atoms with Crippen LogP contribution in [0.15, 0.2) is 85.2 Å². The third kappa shape index (κ3) is 4.82. The number of aromatic nitrogens is 1. The number of aliphatic carboxylic acids is 1. The molecular weight excluding hydrogens is 474 g/mol. The summed E-state index contributed by atoms with van der Waals surface area (Å²) < 4.78 is 12.3. The fourth-order valence-electron chi connectivity index (χ4n) is 3.95. The Labute approximate surface area is 211 Å². The van der Waals surface area contributed by atoms with Crippen LogP contribution in [0.25, 0.3) is 37.4 Å². The second-order valence-electron chi connectivity index (χ2n) is 8.06. The molecule has 5 aromatic rings. The number of thiophene rings is 1. The number of hydrogen-bond acceptors (Lipinski definition) is 6. The van der Waals surface area contributed by atoms with Crippen molar-refractivity contribution in [2.75, 3.05) is 13.7 Å². The number of hydrogen-bond donors (Lipinski definition) is 1.